The first-order chi connectivity index (χ1) is 6.63. The van der Waals surface area contributed by atoms with E-state index < -0.39 is 0 Å². The van der Waals surface area contributed by atoms with E-state index in [0.717, 1.165) is 12.0 Å². The van der Waals surface area contributed by atoms with Crippen molar-refractivity contribution >= 4 is 0 Å². The van der Waals surface area contributed by atoms with Crippen molar-refractivity contribution in [2.75, 3.05) is 26.2 Å². The molecule has 2 saturated heterocycles. The van der Waals surface area contributed by atoms with Crippen molar-refractivity contribution in [3.8, 4) is 0 Å². The normalized spacial score (nSPS) is 37.1. The van der Waals surface area contributed by atoms with Gasteiger partial charge in [-0.15, -0.1) is 0 Å². The smallest absolute Gasteiger partial charge is 0.0229 e. The van der Waals surface area contributed by atoms with Crippen LogP contribution in [0.4, 0.5) is 0 Å². The van der Waals surface area contributed by atoms with Crippen molar-refractivity contribution in [2.45, 2.75) is 39.7 Å². The molecule has 0 aromatic heterocycles. The second-order valence-corrected chi connectivity index (χ2v) is 5.67. The van der Waals surface area contributed by atoms with Gasteiger partial charge in [-0.05, 0) is 37.3 Å². The first kappa shape index (κ1) is 10.4. The Bertz CT molecular complexity index is 200. The topological polar surface area (TPSA) is 15.3 Å². The quantitative estimate of drug-likeness (QED) is 0.723. The lowest BCUT2D eigenvalue weighted by Crippen LogP contribution is -2.47. The Morgan fingerprint density at radius 3 is 2.93 bits per heavy atom. The molecule has 0 bridgehead atoms. The Labute approximate surface area is 88.1 Å². The first-order valence-electron chi connectivity index (χ1n) is 6.09. The summed E-state index contributed by atoms with van der Waals surface area (Å²) < 4.78 is 0. The minimum absolute atomic E-state index is 0.531. The summed E-state index contributed by atoms with van der Waals surface area (Å²) in [6.07, 6.45) is 2.69. The fraction of sp³-hybridized carbons (Fsp3) is 1.00. The Kier molecular flexibility index (Phi) is 2.85. The summed E-state index contributed by atoms with van der Waals surface area (Å²) in [6, 6.07) is 0.769. The zero-order chi connectivity index (χ0) is 10.2. The fourth-order valence-corrected chi connectivity index (χ4v) is 3.21. The summed E-state index contributed by atoms with van der Waals surface area (Å²) in [7, 11) is 0. The van der Waals surface area contributed by atoms with Crippen LogP contribution in [-0.2, 0) is 0 Å². The highest BCUT2D eigenvalue weighted by Gasteiger charge is 2.43. The number of likely N-dealkylation sites (tertiary alicyclic amines) is 1. The van der Waals surface area contributed by atoms with Gasteiger partial charge in [0.05, 0.1) is 0 Å². The molecule has 2 nitrogen and oxygen atoms in total. The van der Waals surface area contributed by atoms with E-state index >= 15 is 0 Å². The highest BCUT2D eigenvalue weighted by atomic mass is 15.2. The van der Waals surface area contributed by atoms with Crippen LogP contribution in [-0.4, -0.2) is 37.1 Å². The molecular weight excluding hydrogens is 172 g/mol. The Morgan fingerprint density at radius 2 is 2.21 bits per heavy atom. The van der Waals surface area contributed by atoms with E-state index in [0.29, 0.717) is 5.41 Å². The maximum Gasteiger partial charge on any atom is 0.0229 e. The summed E-state index contributed by atoms with van der Waals surface area (Å²) in [5.41, 5.74) is 0.531. The van der Waals surface area contributed by atoms with Gasteiger partial charge >= 0.3 is 0 Å². The van der Waals surface area contributed by atoms with E-state index in [1.807, 2.05) is 0 Å². The first-order valence-corrected chi connectivity index (χ1v) is 6.09. The largest absolute Gasteiger partial charge is 0.312 e. The van der Waals surface area contributed by atoms with Gasteiger partial charge in [-0.3, -0.25) is 0 Å². The van der Waals surface area contributed by atoms with Crippen molar-refractivity contribution in [2.24, 2.45) is 11.3 Å². The predicted molar refractivity (Wildman–Crippen MR) is 60.4 cm³/mol. The number of hydrogen-bond donors (Lipinski definition) is 1. The molecule has 2 fully saturated rings. The molecule has 0 spiro atoms. The van der Waals surface area contributed by atoms with Gasteiger partial charge in [-0.25, -0.2) is 0 Å². The van der Waals surface area contributed by atoms with Crippen LogP contribution in [0.2, 0.25) is 0 Å². The molecular formula is C12H24N2. The Hall–Kier alpha value is -0.0800. The van der Waals surface area contributed by atoms with Crippen molar-refractivity contribution in [1.82, 2.24) is 10.2 Å². The summed E-state index contributed by atoms with van der Waals surface area (Å²) in [4.78, 5) is 2.62. The van der Waals surface area contributed by atoms with E-state index in [1.54, 1.807) is 0 Å². The molecule has 2 rings (SSSR count). The molecule has 82 valence electrons. The number of nitrogens with one attached hydrogen (secondary N) is 1. The SMILES string of the molecule is CCCN1CCC2C(C1)NCC2(C)C. The number of piperidine rings is 1. The summed E-state index contributed by atoms with van der Waals surface area (Å²) in [5, 5.41) is 3.70. The lowest BCUT2D eigenvalue weighted by atomic mass is 9.75. The third-order valence-corrected chi connectivity index (χ3v) is 4.06. The molecule has 2 heteroatoms. The van der Waals surface area contributed by atoms with Gasteiger partial charge in [0.15, 0.2) is 0 Å². The van der Waals surface area contributed by atoms with Crippen LogP contribution in [0.1, 0.15) is 33.6 Å². The van der Waals surface area contributed by atoms with E-state index in [4.69, 9.17) is 0 Å². The third kappa shape index (κ3) is 1.82. The van der Waals surface area contributed by atoms with Gasteiger partial charge in [-0.2, -0.15) is 0 Å². The molecule has 1 N–H and O–H groups in total. The predicted octanol–water partition coefficient (Wildman–Crippen LogP) is 1.72. The zero-order valence-electron chi connectivity index (χ0n) is 9.84. The average molecular weight is 196 g/mol. The van der Waals surface area contributed by atoms with E-state index in [1.165, 1.54) is 39.0 Å². The molecule has 0 saturated carbocycles. The lowest BCUT2D eigenvalue weighted by molar-refractivity contribution is 0.123. The second kappa shape index (κ2) is 3.82. The lowest BCUT2D eigenvalue weighted by Gasteiger charge is -2.38. The molecule has 0 aliphatic carbocycles. The fourth-order valence-electron chi connectivity index (χ4n) is 3.21. The molecule has 2 aliphatic rings. The van der Waals surface area contributed by atoms with Crippen LogP contribution in [0.25, 0.3) is 0 Å². The van der Waals surface area contributed by atoms with E-state index in [-0.39, 0.29) is 0 Å². The minimum atomic E-state index is 0.531. The maximum atomic E-state index is 3.70. The van der Waals surface area contributed by atoms with Gasteiger partial charge < -0.3 is 10.2 Å². The van der Waals surface area contributed by atoms with Crippen molar-refractivity contribution in [1.29, 1.82) is 0 Å². The van der Waals surface area contributed by atoms with Gasteiger partial charge in [-0.1, -0.05) is 20.8 Å². The molecule has 0 amide bonds. The summed E-state index contributed by atoms with van der Waals surface area (Å²) in [6.45, 7) is 12.2. The average Bonchev–Trinajstić information content (AvgIpc) is 2.43. The maximum absolute atomic E-state index is 3.70. The van der Waals surface area contributed by atoms with Crippen LogP contribution in [0, 0.1) is 11.3 Å². The van der Waals surface area contributed by atoms with Crippen molar-refractivity contribution in [3.05, 3.63) is 0 Å². The molecule has 0 aromatic carbocycles. The highest BCUT2D eigenvalue weighted by Crippen LogP contribution is 2.39. The number of hydrogen-bond acceptors (Lipinski definition) is 2. The number of rotatable bonds is 2. The van der Waals surface area contributed by atoms with Crippen molar-refractivity contribution < 1.29 is 0 Å². The molecule has 2 atom stereocenters. The number of nitrogens with zero attached hydrogens (tertiary/aromatic N) is 1. The van der Waals surface area contributed by atoms with Gasteiger partial charge in [0.2, 0.25) is 0 Å². The van der Waals surface area contributed by atoms with E-state index in [2.05, 4.69) is 31.0 Å². The summed E-state index contributed by atoms with van der Waals surface area (Å²) >= 11 is 0. The molecule has 2 unspecified atom stereocenters. The van der Waals surface area contributed by atoms with Gasteiger partial charge in [0.25, 0.3) is 0 Å². The third-order valence-electron chi connectivity index (χ3n) is 4.06. The van der Waals surface area contributed by atoms with Crippen molar-refractivity contribution in [3.63, 3.8) is 0 Å². The monoisotopic (exact) mass is 196 g/mol. The van der Waals surface area contributed by atoms with Crippen LogP contribution < -0.4 is 5.32 Å². The molecule has 0 aromatic rings. The molecule has 2 heterocycles. The molecule has 2 aliphatic heterocycles. The number of fused-ring (bicyclic) bond motifs is 1. The van der Waals surface area contributed by atoms with Crippen LogP contribution in [0.3, 0.4) is 0 Å². The van der Waals surface area contributed by atoms with E-state index in [9.17, 15) is 0 Å². The van der Waals surface area contributed by atoms with Crippen LogP contribution in [0.15, 0.2) is 0 Å². The molecule has 14 heavy (non-hydrogen) atoms. The van der Waals surface area contributed by atoms with Crippen LogP contribution >= 0.6 is 0 Å². The van der Waals surface area contributed by atoms with Gasteiger partial charge in [0, 0.05) is 19.1 Å². The van der Waals surface area contributed by atoms with Gasteiger partial charge in [0.1, 0.15) is 0 Å². The molecule has 0 radical (unpaired) electrons. The second-order valence-electron chi connectivity index (χ2n) is 5.67. The van der Waals surface area contributed by atoms with Crippen LogP contribution in [0.5, 0.6) is 0 Å². The summed E-state index contributed by atoms with van der Waals surface area (Å²) in [5.74, 6) is 0.913. The standard InChI is InChI=1S/C12H24N2/c1-4-6-14-7-5-10-11(8-14)13-9-12(10,2)3/h10-11,13H,4-9H2,1-3H3. The minimum Gasteiger partial charge on any atom is -0.312 e. The zero-order valence-corrected chi connectivity index (χ0v) is 9.84. The Morgan fingerprint density at radius 1 is 1.43 bits per heavy atom. The Balaban J connectivity index is 1.94. The highest BCUT2D eigenvalue weighted by molar-refractivity contribution is 4.99.